The van der Waals surface area contributed by atoms with Crippen molar-refractivity contribution in [1.29, 1.82) is 5.26 Å². The second-order valence-corrected chi connectivity index (χ2v) is 9.04. The highest BCUT2D eigenvalue weighted by molar-refractivity contribution is 7.99. The van der Waals surface area contributed by atoms with Crippen LogP contribution in [0.4, 0.5) is 10.5 Å². The molecule has 0 spiro atoms. The van der Waals surface area contributed by atoms with E-state index in [0.717, 1.165) is 4.90 Å². The monoisotopic (exact) mass is 516 g/mol. The van der Waals surface area contributed by atoms with Crippen molar-refractivity contribution in [3.63, 3.8) is 0 Å². The highest BCUT2D eigenvalue weighted by Gasteiger charge is 2.54. The van der Waals surface area contributed by atoms with Crippen molar-refractivity contribution in [1.82, 2.24) is 10.2 Å². The summed E-state index contributed by atoms with van der Waals surface area (Å²) in [6.07, 6.45) is 0. The molecule has 2 N–H and O–H groups in total. The third kappa shape index (κ3) is 5.08. The van der Waals surface area contributed by atoms with Gasteiger partial charge < -0.3 is 20.1 Å². The molecule has 3 aromatic rings. The van der Waals surface area contributed by atoms with Gasteiger partial charge >= 0.3 is 6.03 Å². The van der Waals surface area contributed by atoms with Crippen molar-refractivity contribution < 1.29 is 23.9 Å². The first-order chi connectivity index (χ1) is 17.9. The SMILES string of the molecule is COc1ccc(C2(c3ccc(OC)cc3)NC(=O)N(CC(=O)Nc3ccccc3SCC#N)C2=O)cc1. The molecule has 37 heavy (non-hydrogen) atoms. The number of carbonyl (C=O) groups is 3. The van der Waals surface area contributed by atoms with Crippen molar-refractivity contribution in [2.45, 2.75) is 10.4 Å². The van der Waals surface area contributed by atoms with E-state index in [4.69, 9.17) is 14.7 Å². The highest BCUT2D eigenvalue weighted by Crippen LogP contribution is 2.37. The topological polar surface area (TPSA) is 121 Å². The van der Waals surface area contributed by atoms with E-state index >= 15 is 0 Å². The normalized spacial score (nSPS) is 14.0. The minimum atomic E-state index is -1.55. The molecule has 1 aliphatic rings. The number of thioether (sulfide) groups is 1. The van der Waals surface area contributed by atoms with Crippen LogP contribution in [0.2, 0.25) is 0 Å². The molecule has 0 aromatic heterocycles. The smallest absolute Gasteiger partial charge is 0.326 e. The summed E-state index contributed by atoms with van der Waals surface area (Å²) in [6.45, 7) is -0.490. The molecule has 10 heteroatoms. The molecule has 0 saturated carbocycles. The van der Waals surface area contributed by atoms with Gasteiger partial charge in [0, 0.05) is 4.90 Å². The fraction of sp³-hybridized carbons (Fsp3) is 0.185. The van der Waals surface area contributed by atoms with Crippen LogP contribution in [0.15, 0.2) is 77.7 Å². The summed E-state index contributed by atoms with van der Waals surface area (Å²) in [5.74, 6) is 0.264. The Labute approximate surface area is 218 Å². The van der Waals surface area contributed by atoms with Gasteiger partial charge in [-0.1, -0.05) is 36.4 Å². The number of benzene rings is 3. The standard InChI is InChI=1S/C27H24N4O5S/c1-35-20-11-7-18(8-12-20)27(19-9-13-21(36-2)14-10-19)25(33)31(26(34)30-27)17-24(32)29-22-5-3-4-6-23(22)37-16-15-28/h3-14H,16-17H2,1-2H3,(H,29,32)(H,30,34). The third-order valence-electron chi connectivity index (χ3n) is 5.91. The number of hydrogen-bond donors (Lipinski definition) is 2. The van der Waals surface area contributed by atoms with E-state index < -0.39 is 29.9 Å². The number of urea groups is 1. The van der Waals surface area contributed by atoms with E-state index in [-0.39, 0.29) is 5.75 Å². The van der Waals surface area contributed by atoms with Crippen molar-refractivity contribution >= 4 is 35.3 Å². The number of nitrogens with one attached hydrogen (secondary N) is 2. The number of hydrogen-bond acceptors (Lipinski definition) is 7. The molecule has 1 saturated heterocycles. The lowest BCUT2D eigenvalue weighted by molar-refractivity contribution is -0.133. The van der Waals surface area contributed by atoms with E-state index in [1.54, 1.807) is 72.8 Å². The van der Waals surface area contributed by atoms with Gasteiger partial charge in [0.1, 0.15) is 18.0 Å². The average Bonchev–Trinajstić information content (AvgIpc) is 3.18. The zero-order valence-electron chi connectivity index (χ0n) is 20.2. The van der Waals surface area contributed by atoms with Crippen molar-refractivity contribution in [3.8, 4) is 17.6 Å². The molecule has 188 valence electrons. The van der Waals surface area contributed by atoms with Crippen molar-refractivity contribution in [2.24, 2.45) is 0 Å². The number of carbonyl (C=O) groups excluding carboxylic acids is 3. The van der Waals surface area contributed by atoms with Gasteiger partial charge in [-0.25, -0.2) is 4.79 Å². The van der Waals surface area contributed by atoms with Crippen LogP contribution in [0.1, 0.15) is 11.1 Å². The molecule has 0 unspecified atom stereocenters. The molecule has 0 aliphatic carbocycles. The number of ether oxygens (including phenoxy) is 2. The average molecular weight is 517 g/mol. The lowest BCUT2D eigenvalue weighted by Crippen LogP contribution is -2.45. The van der Waals surface area contributed by atoms with Gasteiger partial charge in [0.25, 0.3) is 5.91 Å². The first kappa shape index (κ1) is 25.6. The summed E-state index contributed by atoms with van der Waals surface area (Å²) in [5.41, 5.74) is -0.0245. The van der Waals surface area contributed by atoms with E-state index in [1.165, 1.54) is 26.0 Å². The highest BCUT2D eigenvalue weighted by atomic mass is 32.2. The Bertz CT molecular complexity index is 1300. The van der Waals surface area contributed by atoms with Crippen LogP contribution in [0.3, 0.4) is 0 Å². The molecule has 4 amide bonds. The second-order valence-electron chi connectivity index (χ2n) is 8.02. The van der Waals surface area contributed by atoms with Gasteiger partial charge in [-0.05, 0) is 47.5 Å². The zero-order chi connectivity index (χ0) is 26.4. The Balaban J connectivity index is 1.64. The summed E-state index contributed by atoms with van der Waals surface area (Å²) >= 11 is 1.28. The quantitative estimate of drug-likeness (QED) is 0.328. The molecule has 1 fully saturated rings. The number of amides is 4. The van der Waals surface area contributed by atoms with Crippen LogP contribution >= 0.6 is 11.8 Å². The summed E-state index contributed by atoms with van der Waals surface area (Å²) in [6, 6.07) is 22.0. The van der Waals surface area contributed by atoms with E-state index in [2.05, 4.69) is 16.7 Å². The number of methoxy groups -OCH3 is 2. The zero-order valence-corrected chi connectivity index (χ0v) is 21.0. The molecule has 3 aromatic carbocycles. The van der Waals surface area contributed by atoms with Gasteiger partial charge in [-0.2, -0.15) is 5.26 Å². The molecule has 4 rings (SSSR count). The Kier molecular flexibility index (Phi) is 7.65. The van der Waals surface area contributed by atoms with Crippen LogP contribution in [0, 0.1) is 11.3 Å². The van der Waals surface area contributed by atoms with Crippen LogP contribution in [0.25, 0.3) is 0 Å². The fourth-order valence-electron chi connectivity index (χ4n) is 4.10. The van der Waals surface area contributed by atoms with E-state index in [1.807, 2.05) is 0 Å². The van der Waals surface area contributed by atoms with Gasteiger partial charge in [0.15, 0.2) is 5.54 Å². The molecule has 1 heterocycles. The summed E-state index contributed by atoms with van der Waals surface area (Å²) < 4.78 is 10.5. The molecule has 9 nitrogen and oxygen atoms in total. The maximum Gasteiger partial charge on any atom is 0.326 e. The number of para-hydroxylation sites is 1. The Morgan fingerprint density at radius 1 is 0.973 bits per heavy atom. The van der Waals surface area contributed by atoms with Gasteiger partial charge in [0.05, 0.1) is 31.7 Å². The lowest BCUT2D eigenvalue weighted by Gasteiger charge is -2.28. The Hall–Kier alpha value is -4.49. The predicted octanol–water partition coefficient (Wildman–Crippen LogP) is 3.75. The minimum Gasteiger partial charge on any atom is -0.497 e. The number of nitriles is 1. The fourth-order valence-corrected chi connectivity index (χ4v) is 4.77. The van der Waals surface area contributed by atoms with Gasteiger partial charge in [-0.15, -0.1) is 11.8 Å². The molecule has 0 atom stereocenters. The van der Waals surface area contributed by atoms with Crippen molar-refractivity contribution in [3.05, 3.63) is 83.9 Å². The van der Waals surface area contributed by atoms with Gasteiger partial charge in [-0.3, -0.25) is 14.5 Å². The Morgan fingerprint density at radius 3 is 2.08 bits per heavy atom. The molecule has 1 aliphatic heterocycles. The van der Waals surface area contributed by atoms with E-state index in [9.17, 15) is 14.4 Å². The van der Waals surface area contributed by atoms with Crippen molar-refractivity contribution in [2.75, 3.05) is 31.8 Å². The summed E-state index contributed by atoms with van der Waals surface area (Å²) in [7, 11) is 3.07. The minimum absolute atomic E-state index is 0.214. The van der Waals surface area contributed by atoms with Crippen LogP contribution in [-0.4, -0.2) is 49.3 Å². The Morgan fingerprint density at radius 2 is 1.54 bits per heavy atom. The van der Waals surface area contributed by atoms with Crippen LogP contribution in [-0.2, 0) is 15.1 Å². The molecular formula is C27H24N4O5S. The number of imide groups is 1. The number of nitrogens with zero attached hydrogens (tertiary/aromatic N) is 2. The first-order valence-electron chi connectivity index (χ1n) is 11.2. The van der Waals surface area contributed by atoms with Crippen LogP contribution in [0.5, 0.6) is 11.5 Å². The second kappa shape index (κ2) is 11.1. The largest absolute Gasteiger partial charge is 0.497 e. The number of anilines is 1. The first-order valence-corrected chi connectivity index (χ1v) is 12.2. The van der Waals surface area contributed by atoms with Gasteiger partial charge in [0.2, 0.25) is 5.91 Å². The maximum absolute atomic E-state index is 13.9. The van der Waals surface area contributed by atoms with Crippen LogP contribution < -0.4 is 20.1 Å². The summed E-state index contributed by atoms with van der Waals surface area (Å²) in [5, 5.41) is 14.5. The molecular weight excluding hydrogens is 492 g/mol. The predicted molar refractivity (Wildman–Crippen MR) is 138 cm³/mol. The van der Waals surface area contributed by atoms with E-state index in [0.29, 0.717) is 33.2 Å². The number of rotatable bonds is 9. The molecule has 0 bridgehead atoms. The summed E-state index contributed by atoms with van der Waals surface area (Å²) in [4.78, 5) is 41.6. The maximum atomic E-state index is 13.9. The lowest BCUT2D eigenvalue weighted by atomic mass is 9.82. The third-order valence-corrected chi connectivity index (χ3v) is 6.85. The molecule has 0 radical (unpaired) electrons.